The van der Waals surface area contributed by atoms with E-state index in [-0.39, 0.29) is 11.6 Å². The van der Waals surface area contributed by atoms with E-state index in [4.69, 9.17) is 0 Å². The lowest BCUT2D eigenvalue weighted by molar-refractivity contribution is 0.0935. The van der Waals surface area contributed by atoms with Crippen molar-refractivity contribution in [1.29, 1.82) is 0 Å². The number of benzene rings is 2. The lowest BCUT2D eigenvalue weighted by atomic mass is 9.99. The molecule has 4 heteroatoms. The van der Waals surface area contributed by atoms with E-state index in [2.05, 4.69) is 19.2 Å². The third kappa shape index (κ3) is 3.70. The minimum Gasteiger partial charge on any atom is -0.345 e. The molecule has 1 N–H and O–H groups in total. The van der Waals surface area contributed by atoms with Crippen molar-refractivity contribution in [2.24, 2.45) is 0 Å². The summed E-state index contributed by atoms with van der Waals surface area (Å²) in [4.78, 5) is 12.1. The quantitative estimate of drug-likeness (QED) is 0.880. The molecule has 2 nitrogen and oxygen atoms in total. The number of hydrogen-bond acceptors (Lipinski definition) is 1. The number of amides is 1. The van der Waals surface area contributed by atoms with Crippen LogP contribution in [0.15, 0.2) is 42.5 Å². The van der Waals surface area contributed by atoms with Gasteiger partial charge in [-0.3, -0.25) is 4.79 Å². The van der Waals surface area contributed by atoms with Crippen LogP contribution in [0.25, 0.3) is 0 Å². The van der Waals surface area contributed by atoms with Gasteiger partial charge in [-0.25, -0.2) is 8.78 Å². The molecule has 0 aliphatic rings. The average molecular weight is 303 g/mol. The fourth-order valence-corrected chi connectivity index (χ4v) is 2.20. The van der Waals surface area contributed by atoms with Gasteiger partial charge in [-0.2, -0.15) is 0 Å². The van der Waals surface area contributed by atoms with Crippen molar-refractivity contribution in [2.75, 3.05) is 0 Å². The molecular weight excluding hydrogens is 284 g/mol. The zero-order chi connectivity index (χ0) is 16.3. The fourth-order valence-electron chi connectivity index (χ4n) is 2.20. The van der Waals surface area contributed by atoms with Crippen LogP contribution in [-0.4, -0.2) is 5.91 Å². The van der Waals surface area contributed by atoms with Crippen molar-refractivity contribution in [3.05, 3.63) is 70.8 Å². The van der Waals surface area contributed by atoms with Crippen molar-refractivity contribution >= 4 is 5.91 Å². The molecule has 0 aliphatic heterocycles. The van der Waals surface area contributed by atoms with Crippen LogP contribution in [0.4, 0.5) is 8.78 Å². The van der Waals surface area contributed by atoms with Gasteiger partial charge in [0.1, 0.15) is 11.6 Å². The Morgan fingerprint density at radius 2 is 1.55 bits per heavy atom. The highest BCUT2D eigenvalue weighted by Gasteiger charge is 2.15. The van der Waals surface area contributed by atoms with Crippen LogP contribution in [0.5, 0.6) is 0 Å². The Kier molecular flexibility index (Phi) is 4.91. The zero-order valence-corrected chi connectivity index (χ0v) is 12.9. The summed E-state index contributed by atoms with van der Waals surface area (Å²) in [7, 11) is 0. The van der Waals surface area contributed by atoms with E-state index in [9.17, 15) is 13.6 Å². The SMILES string of the molecule is CC(C)c1ccc(C(C)NC(=O)c2ccc(F)cc2F)cc1. The van der Waals surface area contributed by atoms with E-state index in [1.807, 2.05) is 31.2 Å². The molecule has 0 fully saturated rings. The van der Waals surface area contributed by atoms with E-state index in [0.717, 1.165) is 17.7 Å². The number of carbonyl (C=O) groups excluding carboxylic acids is 1. The minimum absolute atomic E-state index is 0.160. The van der Waals surface area contributed by atoms with Gasteiger partial charge in [0.2, 0.25) is 0 Å². The highest BCUT2D eigenvalue weighted by molar-refractivity contribution is 5.94. The minimum atomic E-state index is -0.861. The first kappa shape index (κ1) is 16.1. The maximum atomic E-state index is 13.6. The van der Waals surface area contributed by atoms with Crippen LogP contribution in [0.2, 0.25) is 0 Å². The summed E-state index contributed by atoms with van der Waals surface area (Å²) in [5.41, 5.74) is 1.99. The van der Waals surface area contributed by atoms with Crippen molar-refractivity contribution in [1.82, 2.24) is 5.32 Å². The molecule has 1 atom stereocenters. The van der Waals surface area contributed by atoms with Crippen molar-refractivity contribution in [2.45, 2.75) is 32.7 Å². The summed E-state index contributed by atoms with van der Waals surface area (Å²) in [6.07, 6.45) is 0. The number of halogens is 2. The summed E-state index contributed by atoms with van der Waals surface area (Å²) in [6.45, 7) is 6.04. The maximum Gasteiger partial charge on any atom is 0.254 e. The van der Waals surface area contributed by atoms with Gasteiger partial charge in [-0.1, -0.05) is 38.1 Å². The number of nitrogens with one attached hydrogen (secondary N) is 1. The van der Waals surface area contributed by atoms with E-state index in [1.165, 1.54) is 5.56 Å². The zero-order valence-electron chi connectivity index (χ0n) is 12.9. The van der Waals surface area contributed by atoms with Gasteiger partial charge in [0.05, 0.1) is 11.6 Å². The average Bonchev–Trinajstić information content (AvgIpc) is 2.47. The van der Waals surface area contributed by atoms with E-state index >= 15 is 0 Å². The van der Waals surface area contributed by atoms with Gasteiger partial charge in [-0.05, 0) is 36.1 Å². The monoisotopic (exact) mass is 303 g/mol. The molecule has 2 aromatic rings. The first-order valence-electron chi connectivity index (χ1n) is 7.24. The molecule has 0 aliphatic carbocycles. The Morgan fingerprint density at radius 3 is 2.09 bits per heavy atom. The molecule has 0 saturated heterocycles. The molecule has 0 saturated carbocycles. The highest BCUT2D eigenvalue weighted by Crippen LogP contribution is 2.19. The first-order chi connectivity index (χ1) is 10.4. The van der Waals surface area contributed by atoms with E-state index < -0.39 is 17.5 Å². The van der Waals surface area contributed by atoms with Crippen LogP contribution in [-0.2, 0) is 0 Å². The summed E-state index contributed by atoms with van der Waals surface area (Å²) < 4.78 is 26.5. The smallest absolute Gasteiger partial charge is 0.254 e. The largest absolute Gasteiger partial charge is 0.345 e. The van der Waals surface area contributed by atoms with Gasteiger partial charge in [0, 0.05) is 6.07 Å². The third-order valence-electron chi connectivity index (χ3n) is 3.63. The molecule has 0 aromatic heterocycles. The molecule has 22 heavy (non-hydrogen) atoms. The Balaban J connectivity index is 2.10. The molecule has 0 radical (unpaired) electrons. The predicted octanol–water partition coefficient (Wildman–Crippen LogP) is 4.58. The molecule has 1 unspecified atom stereocenters. The molecule has 2 rings (SSSR count). The second-order valence-corrected chi connectivity index (χ2v) is 5.64. The van der Waals surface area contributed by atoms with Gasteiger partial charge in [-0.15, -0.1) is 0 Å². The summed E-state index contributed by atoms with van der Waals surface area (Å²) >= 11 is 0. The summed E-state index contributed by atoms with van der Waals surface area (Å²) in [6, 6.07) is 10.6. The molecule has 116 valence electrons. The topological polar surface area (TPSA) is 29.1 Å². The summed E-state index contributed by atoms with van der Waals surface area (Å²) in [5.74, 6) is -1.68. The van der Waals surface area contributed by atoms with Gasteiger partial charge < -0.3 is 5.32 Å². The number of rotatable bonds is 4. The van der Waals surface area contributed by atoms with Crippen LogP contribution in [0.3, 0.4) is 0 Å². The second-order valence-electron chi connectivity index (χ2n) is 5.64. The Morgan fingerprint density at radius 1 is 0.955 bits per heavy atom. The molecule has 0 heterocycles. The molecule has 1 amide bonds. The molecule has 2 aromatic carbocycles. The van der Waals surface area contributed by atoms with Crippen LogP contribution < -0.4 is 5.32 Å². The van der Waals surface area contributed by atoms with Crippen LogP contribution in [0.1, 0.15) is 54.2 Å². The van der Waals surface area contributed by atoms with E-state index in [0.29, 0.717) is 12.0 Å². The van der Waals surface area contributed by atoms with Gasteiger partial charge >= 0.3 is 0 Å². The lowest BCUT2D eigenvalue weighted by Crippen LogP contribution is -2.27. The predicted molar refractivity (Wildman–Crippen MR) is 82.8 cm³/mol. The normalized spacial score (nSPS) is 12.3. The van der Waals surface area contributed by atoms with Crippen LogP contribution >= 0.6 is 0 Å². The van der Waals surface area contributed by atoms with Crippen LogP contribution in [0, 0.1) is 11.6 Å². The second kappa shape index (κ2) is 6.69. The van der Waals surface area contributed by atoms with Crippen molar-refractivity contribution in [3.8, 4) is 0 Å². The Labute approximate surface area is 129 Å². The van der Waals surface area contributed by atoms with E-state index in [1.54, 1.807) is 0 Å². The third-order valence-corrected chi connectivity index (χ3v) is 3.63. The fraction of sp³-hybridized carbons (Fsp3) is 0.278. The molecular formula is C18H19F2NO. The Bertz CT molecular complexity index is 665. The number of hydrogen-bond donors (Lipinski definition) is 1. The Hall–Kier alpha value is -2.23. The first-order valence-corrected chi connectivity index (χ1v) is 7.24. The van der Waals surface area contributed by atoms with Gasteiger partial charge in [0.15, 0.2) is 0 Å². The molecule has 0 spiro atoms. The number of carbonyl (C=O) groups is 1. The molecule has 0 bridgehead atoms. The highest BCUT2D eigenvalue weighted by atomic mass is 19.1. The lowest BCUT2D eigenvalue weighted by Gasteiger charge is -2.16. The maximum absolute atomic E-state index is 13.6. The van der Waals surface area contributed by atoms with Gasteiger partial charge in [0.25, 0.3) is 5.91 Å². The van der Waals surface area contributed by atoms with Crippen molar-refractivity contribution < 1.29 is 13.6 Å². The van der Waals surface area contributed by atoms with Crippen molar-refractivity contribution in [3.63, 3.8) is 0 Å². The summed E-state index contributed by atoms with van der Waals surface area (Å²) in [5, 5.41) is 2.72. The standard InChI is InChI=1S/C18H19F2NO/c1-11(2)13-4-6-14(7-5-13)12(3)21-18(22)16-9-8-15(19)10-17(16)20/h4-12H,1-3H3,(H,21,22).